The number of rotatable bonds is 7. The summed E-state index contributed by atoms with van der Waals surface area (Å²) in [6, 6.07) is 18.3. The fourth-order valence-electron chi connectivity index (χ4n) is 3.83. The Labute approximate surface area is 186 Å². The summed E-state index contributed by atoms with van der Waals surface area (Å²) in [6.45, 7) is 3.57. The van der Waals surface area contributed by atoms with Crippen LogP contribution in [0.15, 0.2) is 65.2 Å². The minimum atomic E-state index is 0.539. The Kier molecular flexibility index (Phi) is 5.91. The lowest BCUT2D eigenvalue weighted by Gasteiger charge is -2.09. The highest BCUT2D eigenvalue weighted by molar-refractivity contribution is 8.00. The molecule has 1 aliphatic heterocycles. The molecule has 6 heteroatoms. The molecule has 3 heterocycles. The molecule has 5 nitrogen and oxygen atoms in total. The quantitative estimate of drug-likeness (QED) is 0.443. The summed E-state index contributed by atoms with van der Waals surface area (Å²) in [6.07, 6.45) is 3.75. The van der Waals surface area contributed by atoms with Gasteiger partial charge in [0.15, 0.2) is 0 Å². The Morgan fingerprint density at radius 2 is 2.06 bits per heavy atom. The molecule has 5 rings (SSSR count). The van der Waals surface area contributed by atoms with Gasteiger partial charge in [0.25, 0.3) is 0 Å². The fourth-order valence-corrected chi connectivity index (χ4v) is 4.84. The summed E-state index contributed by atoms with van der Waals surface area (Å²) in [5, 5.41) is 5.19. The number of hydrogen-bond donors (Lipinski definition) is 1. The first kappa shape index (κ1) is 20.1. The maximum absolute atomic E-state index is 5.99. The van der Waals surface area contributed by atoms with Crippen molar-refractivity contribution in [3.05, 3.63) is 77.8 Å². The van der Waals surface area contributed by atoms with E-state index in [0.717, 1.165) is 52.5 Å². The van der Waals surface area contributed by atoms with Gasteiger partial charge < -0.3 is 14.5 Å². The third-order valence-corrected chi connectivity index (χ3v) is 6.67. The zero-order chi connectivity index (χ0) is 21.0. The van der Waals surface area contributed by atoms with Crippen molar-refractivity contribution in [3.63, 3.8) is 0 Å². The number of pyridine rings is 1. The minimum absolute atomic E-state index is 0.539. The monoisotopic (exact) mass is 431 g/mol. The summed E-state index contributed by atoms with van der Waals surface area (Å²) in [5.74, 6) is 3.37. The van der Waals surface area contributed by atoms with E-state index >= 15 is 0 Å². The van der Waals surface area contributed by atoms with Crippen LogP contribution in [-0.2, 0) is 12.8 Å². The lowest BCUT2D eigenvalue weighted by Crippen LogP contribution is -2.14. The molecule has 4 aromatic rings. The van der Waals surface area contributed by atoms with E-state index in [4.69, 9.17) is 9.15 Å². The molecule has 0 aliphatic carbocycles. The van der Waals surface area contributed by atoms with E-state index in [2.05, 4.69) is 27.4 Å². The van der Waals surface area contributed by atoms with Crippen molar-refractivity contribution in [2.45, 2.75) is 25.0 Å². The number of hydrogen-bond acceptors (Lipinski definition) is 6. The van der Waals surface area contributed by atoms with E-state index in [1.54, 1.807) is 0 Å². The Bertz CT molecular complexity index is 1170. The second-order valence-corrected chi connectivity index (χ2v) is 9.06. The average molecular weight is 432 g/mol. The largest absolute Gasteiger partial charge is 0.493 e. The molecule has 0 radical (unpaired) electrons. The van der Waals surface area contributed by atoms with Crippen LogP contribution in [0.4, 0.5) is 0 Å². The number of oxazole rings is 1. The van der Waals surface area contributed by atoms with Gasteiger partial charge in [0.2, 0.25) is 5.89 Å². The van der Waals surface area contributed by atoms with Gasteiger partial charge in [0.1, 0.15) is 11.5 Å². The SMILES string of the molecule is Cc1oc(-c2ccccc2)nc1CCOc1ccc2cc(CC3CNCS3)cnc2c1. The van der Waals surface area contributed by atoms with Gasteiger partial charge in [-0.2, -0.15) is 0 Å². The summed E-state index contributed by atoms with van der Waals surface area (Å²) in [5.41, 5.74) is 4.17. The average Bonchev–Trinajstić information content (AvgIpc) is 3.44. The second kappa shape index (κ2) is 9.12. The normalized spacial score (nSPS) is 16.1. The van der Waals surface area contributed by atoms with Crippen LogP contribution in [0, 0.1) is 6.92 Å². The summed E-state index contributed by atoms with van der Waals surface area (Å²) in [4.78, 5) is 9.31. The van der Waals surface area contributed by atoms with Gasteiger partial charge in [-0.3, -0.25) is 4.98 Å². The zero-order valence-electron chi connectivity index (χ0n) is 17.5. The molecular weight excluding hydrogens is 406 g/mol. The molecule has 1 atom stereocenters. The van der Waals surface area contributed by atoms with Crippen molar-refractivity contribution in [1.82, 2.24) is 15.3 Å². The van der Waals surface area contributed by atoms with E-state index in [1.807, 2.05) is 67.3 Å². The van der Waals surface area contributed by atoms with Gasteiger partial charge >= 0.3 is 0 Å². The van der Waals surface area contributed by atoms with Crippen LogP contribution >= 0.6 is 11.8 Å². The molecule has 0 bridgehead atoms. The van der Waals surface area contributed by atoms with Crippen molar-refractivity contribution in [3.8, 4) is 17.2 Å². The Morgan fingerprint density at radius 1 is 1.16 bits per heavy atom. The van der Waals surface area contributed by atoms with Crippen molar-refractivity contribution in [2.24, 2.45) is 0 Å². The van der Waals surface area contributed by atoms with Crippen LogP contribution < -0.4 is 10.1 Å². The number of thioether (sulfide) groups is 1. The number of benzene rings is 2. The first-order valence-electron chi connectivity index (χ1n) is 10.6. The first-order valence-corrected chi connectivity index (χ1v) is 11.6. The van der Waals surface area contributed by atoms with E-state index in [1.165, 1.54) is 5.56 Å². The van der Waals surface area contributed by atoms with Crippen molar-refractivity contribution in [2.75, 3.05) is 19.0 Å². The number of aromatic nitrogens is 2. The third-order valence-electron chi connectivity index (χ3n) is 5.49. The highest BCUT2D eigenvalue weighted by Gasteiger charge is 2.16. The highest BCUT2D eigenvalue weighted by Crippen LogP contribution is 2.25. The Balaban J connectivity index is 1.21. The molecule has 1 aliphatic rings. The fraction of sp³-hybridized carbons (Fsp3) is 0.280. The molecule has 1 N–H and O–H groups in total. The minimum Gasteiger partial charge on any atom is -0.493 e. The molecule has 0 spiro atoms. The molecule has 31 heavy (non-hydrogen) atoms. The van der Waals surface area contributed by atoms with Crippen LogP contribution in [0.5, 0.6) is 5.75 Å². The number of aryl methyl sites for hydroxylation is 1. The van der Waals surface area contributed by atoms with Crippen LogP contribution in [0.2, 0.25) is 0 Å². The van der Waals surface area contributed by atoms with E-state index in [9.17, 15) is 0 Å². The lowest BCUT2D eigenvalue weighted by atomic mass is 10.1. The Morgan fingerprint density at radius 3 is 2.90 bits per heavy atom. The second-order valence-electron chi connectivity index (χ2n) is 7.78. The van der Waals surface area contributed by atoms with Crippen LogP contribution in [0.3, 0.4) is 0 Å². The topological polar surface area (TPSA) is 60.2 Å². The van der Waals surface area contributed by atoms with Gasteiger partial charge in [-0.15, -0.1) is 11.8 Å². The summed E-state index contributed by atoms with van der Waals surface area (Å²) >= 11 is 1.98. The smallest absolute Gasteiger partial charge is 0.226 e. The van der Waals surface area contributed by atoms with Gasteiger partial charge in [0.05, 0.1) is 17.8 Å². The number of nitrogens with one attached hydrogen (secondary N) is 1. The number of fused-ring (bicyclic) bond motifs is 1. The van der Waals surface area contributed by atoms with Crippen LogP contribution in [0.25, 0.3) is 22.4 Å². The molecular formula is C25H25N3O2S. The van der Waals surface area contributed by atoms with E-state index in [0.29, 0.717) is 24.2 Å². The highest BCUT2D eigenvalue weighted by atomic mass is 32.2. The molecule has 0 saturated carbocycles. The molecule has 2 aromatic carbocycles. The molecule has 0 amide bonds. The molecule has 158 valence electrons. The molecule has 2 aromatic heterocycles. The standard InChI is InChI=1S/C25H25N3O2S/c1-17-23(28-25(30-17)19-5-3-2-4-6-19)9-10-29-21-8-7-20-11-18(14-27-24(20)13-21)12-22-15-26-16-31-22/h2-8,11,13-14,22,26H,9-10,12,15-16H2,1H3. The van der Waals surface area contributed by atoms with E-state index < -0.39 is 0 Å². The zero-order valence-corrected chi connectivity index (χ0v) is 18.3. The van der Waals surface area contributed by atoms with Crippen molar-refractivity contribution < 1.29 is 9.15 Å². The number of nitrogens with zero attached hydrogens (tertiary/aromatic N) is 2. The van der Waals surface area contributed by atoms with Crippen LogP contribution in [0.1, 0.15) is 17.0 Å². The van der Waals surface area contributed by atoms with Gasteiger partial charge in [-0.1, -0.05) is 18.2 Å². The van der Waals surface area contributed by atoms with Crippen molar-refractivity contribution >= 4 is 22.7 Å². The number of ether oxygens (including phenoxy) is 1. The summed E-state index contributed by atoms with van der Waals surface area (Å²) < 4.78 is 11.8. The first-order chi connectivity index (χ1) is 15.2. The van der Waals surface area contributed by atoms with Crippen LogP contribution in [-0.4, -0.2) is 34.2 Å². The third kappa shape index (κ3) is 4.75. The van der Waals surface area contributed by atoms with Crippen molar-refractivity contribution in [1.29, 1.82) is 0 Å². The predicted octanol–water partition coefficient (Wildman–Crippen LogP) is 5.02. The lowest BCUT2D eigenvalue weighted by molar-refractivity contribution is 0.320. The van der Waals surface area contributed by atoms with Gasteiger partial charge in [0, 0.05) is 47.3 Å². The summed E-state index contributed by atoms with van der Waals surface area (Å²) in [7, 11) is 0. The molecule has 1 fully saturated rings. The molecule has 1 unspecified atom stereocenters. The maximum atomic E-state index is 5.99. The molecule has 1 saturated heterocycles. The van der Waals surface area contributed by atoms with E-state index in [-0.39, 0.29) is 0 Å². The predicted molar refractivity (Wildman–Crippen MR) is 126 cm³/mol. The Hall–Kier alpha value is -2.83. The maximum Gasteiger partial charge on any atom is 0.226 e. The van der Waals surface area contributed by atoms with Gasteiger partial charge in [-0.25, -0.2) is 4.98 Å². The van der Waals surface area contributed by atoms with Gasteiger partial charge in [-0.05, 0) is 49.2 Å².